The number of methoxy groups -OCH3 is 1. The highest BCUT2D eigenvalue weighted by atomic mass is 32.2. The second-order valence-electron chi connectivity index (χ2n) is 9.48. The van der Waals surface area contributed by atoms with Crippen molar-refractivity contribution in [2.24, 2.45) is 0 Å². The minimum Gasteiger partial charge on any atom is -0.495 e. The van der Waals surface area contributed by atoms with Gasteiger partial charge in [0, 0.05) is 43.6 Å². The summed E-state index contributed by atoms with van der Waals surface area (Å²) in [6.45, 7) is 1.50. The molecule has 2 heterocycles. The number of ether oxygens (including phenoxy) is 1. The van der Waals surface area contributed by atoms with Crippen molar-refractivity contribution in [1.82, 2.24) is 14.2 Å². The Morgan fingerprint density at radius 3 is 2.43 bits per heavy atom. The van der Waals surface area contributed by atoms with Crippen molar-refractivity contribution in [1.29, 1.82) is 0 Å². The first kappa shape index (κ1) is 27.2. The first-order valence-electron chi connectivity index (χ1n) is 12.2. The first-order chi connectivity index (χ1) is 17.5. The highest BCUT2D eigenvalue weighted by Gasteiger charge is 2.38. The molecule has 6 nitrogen and oxygen atoms in total. The maximum atomic E-state index is 14.0. The van der Waals surface area contributed by atoms with E-state index in [1.807, 2.05) is 24.3 Å². The fraction of sp³-hybridized carbons (Fsp3) is 0.407. The maximum Gasteiger partial charge on any atom is 0.420 e. The molecule has 0 radical (unpaired) electrons. The van der Waals surface area contributed by atoms with Gasteiger partial charge in [-0.05, 0) is 49.2 Å². The lowest BCUT2D eigenvalue weighted by Crippen LogP contribution is -2.28. The number of sulfonamides is 1. The van der Waals surface area contributed by atoms with Crippen molar-refractivity contribution < 1.29 is 26.3 Å². The van der Waals surface area contributed by atoms with Crippen molar-refractivity contribution in [2.75, 3.05) is 27.7 Å². The van der Waals surface area contributed by atoms with Crippen LogP contribution >= 0.6 is 0 Å². The van der Waals surface area contributed by atoms with Gasteiger partial charge in [0.1, 0.15) is 5.75 Å². The van der Waals surface area contributed by atoms with Crippen LogP contribution in [0, 0.1) is 0 Å². The highest BCUT2D eigenvalue weighted by molar-refractivity contribution is 7.89. The average molecular weight is 536 g/mol. The summed E-state index contributed by atoms with van der Waals surface area (Å²) in [4.78, 5) is 5.17. The number of H-pyrrole nitrogens is 1. The van der Waals surface area contributed by atoms with E-state index < -0.39 is 32.4 Å². The van der Waals surface area contributed by atoms with Crippen molar-refractivity contribution in [3.8, 4) is 17.0 Å². The largest absolute Gasteiger partial charge is 0.495 e. The molecule has 1 fully saturated rings. The number of aromatic nitrogens is 1. The second-order valence-corrected chi connectivity index (χ2v) is 11.6. The number of aromatic amines is 1. The van der Waals surface area contributed by atoms with Crippen LogP contribution in [0.4, 0.5) is 13.2 Å². The molecule has 10 heteroatoms. The minimum absolute atomic E-state index is 0.0412. The quantitative estimate of drug-likeness (QED) is 0.399. The van der Waals surface area contributed by atoms with E-state index in [4.69, 9.17) is 4.74 Å². The van der Waals surface area contributed by atoms with Crippen LogP contribution in [0.3, 0.4) is 0 Å². The van der Waals surface area contributed by atoms with Gasteiger partial charge in [-0.2, -0.15) is 13.2 Å². The maximum absolute atomic E-state index is 14.0. The average Bonchev–Trinajstić information content (AvgIpc) is 3.20. The Morgan fingerprint density at radius 1 is 1.05 bits per heavy atom. The molecule has 1 aliphatic heterocycles. The van der Waals surface area contributed by atoms with E-state index in [0.29, 0.717) is 18.3 Å². The van der Waals surface area contributed by atoms with Crippen LogP contribution in [0.5, 0.6) is 5.75 Å². The smallest absolute Gasteiger partial charge is 0.420 e. The van der Waals surface area contributed by atoms with Crippen LogP contribution < -0.4 is 4.74 Å². The number of hydrogen-bond acceptors (Lipinski definition) is 4. The van der Waals surface area contributed by atoms with E-state index >= 15 is 0 Å². The zero-order valence-corrected chi connectivity index (χ0v) is 22.0. The van der Waals surface area contributed by atoms with Gasteiger partial charge in [-0.15, -0.1) is 0 Å². The van der Waals surface area contributed by atoms with Crippen molar-refractivity contribution in [2.45, 2.75) is 49.3 Å². The zero-order chi connectivity index (χ0) is 26.8. The van der Waals surface area contributed by atoms with Gasteiger partial charge >= 0.3 is 6.18 Å². The van der Waals surface area contributed by atoms with Crippen LogP contribution in [-0.2, 0) is 22.7 Å². The predicted molar refractivity (Wildman–Crippen MR) is 137 cm³/mol. The van der Waals surface area contributed by atoms with Crippen molar-refractivity contribution in [3.63, 3.8) is 0 Å². The number of halogens is 3. The van der Waals surface area contributed by atoms with Crippen LogP contribution in [0.2, 0.25) is 0 Å². The lowest BCUT2D eigenvalue weighted by atomic mass is 10.0. The molecule has 1 aromatic heterocycles. The summed E-state index contributed by atoms with van der Waals surface area (Å²) in [7, 11) is -0.402. The van der Waals surface area contributed by atoms with Crippen molar-refractivity contribution in [3.05, 3.63) is 71.4 Å². The molecule has 37 heavy (non-hydrogen) atoms. The molecule has 0 bridgehead atoms. The van der Waals surface area contributed by atoms with Gasteiger partial charge in [-0.25, -0.2) is 12.7 Å². The fourth-order valence-corrected chi connectivity index (χ4v) is 5.87. The number of nitrogens with zero attached hydrogens (tertiary/aromatic N) is 2. The van der Waals surface area contributed by atoms with E-state index in [9.17, 15) is 21.6 Å². The SMILES string of the molecule is COc1c(-c2ccc(CN3CCCCC[C@@H]3c3ccccc3)[nH]2)cc(S(=O)(=O)N(C)C)cc1C(F)(F)F. The Balaban J connectivity index is 1.73. The lowest BCUT2D eigenvalue weighted by Gasteiger charge is -2.30. The molecular weight excluding hydrogens is 503 g/mol. The molecular formula is C27H32F3N3O3S. The Morgan fingerprint density at radius 2 is 1.78 bits per heavy atom. The molecule has 1 N–H and O–H groups in total. The molecule has 1 saturated heterocycles. The van der Waals surface area contributed by atoms with Gasteiger partial charge < -0.3 is 9.72 Å². The third-order valence-electron chi connectivity index (χ3n) is 6.81. The van der Waals surface area contributed by atoms with Gasteiger partial charge in [0.05, 0.1) is 17.6 Å². The van der Waals surface area contributed by atoms with Gasteiger partial charge in [0.25, 0.3) is 0 Å². The number of nitrogens with one attached hydrogen (secondary N) is 1. The Bertz CT molecular complexity index is 1320. The number of alkyl halides is 3. The van der Waals surface area contributed by atoms with Gasteiger partial charge in [0.15, 0.2) is 0 Å². The third-order valence-corrected chi connectivity index (χ3v) is 8.60. The monoisotopic (exact) mass is 535 g/mol. The minimum atomic E-state index is -4.80. The highest BCUT2D eigenvalue weighted by Crippen LogP contribution is 2.44. The Hall–Kier alpha value is -2.82. The Kier molecular flexibility index (Phi) is 8.01. The molecule has 200 valence electrons. The summed E-state index contributed by atoms with van der Waals surface area (Å²) in [5.41, 5.74) is 1.34. The molecule has 1 aliphatic rings. The normalized spacial score (nSPS) is 17.6. The summed E-state index contributed by atoms with van der Waals surface area (Å²) in [5.74, 6) is -0.421. The molecule has 0 amide bonds. The van der Waals surface area contributed by atoms with Crippen LogP contribution in [0.1, 0.15) is 48.5 Å². The predicted octanol–water partition coefficient (Wildman–Crippen LogP) is 6.08. The third kappa shape index (κ3) is 5.86. The van der Waals surface area contributed by atoms with E-state index in [2.05, 4.69) is 22.0 Å². The van der Waals surface area contributed by atoms with Crippen molar-refractivity contribution >= 4 is 10.0 Å². The summed E-state index contributed by atoms with van der Waals surface area (Å²) in [6.07, 6.45) is -0.409. The van der Waals surface area contributed by atoms with E-state index in [-0.39, 0.29) is 11.6 Å². The topological polar surface area (TPSA) is 65.6 Å². The summed E-state index contributed by atoms with van der Waals surface area (Å²) in [6, 6.07) is 15.9. The molecule has 3 aromatic rings. The van der Waals surface area contributed by atoms with Gasteiger partial charge in [-0.3, -0.25) is 4.90 Å². The van der Waals surface area contributed by atoms with E-state index in [0.717, 1.165) is 49.3 Å². The zero-order valence-electron chi connectivity index (χ0n) is 21.2. The fourth-order valence-electron chi connectivity index (χ4n) is 4.91. The van der Waals surface area contributed by atoms with E-state index in [1.165, 1.54) is 25.7 Å². The second kappa shape index (κ2) is 10.9. The molecule has 0 aliphatic carbocycles. The molecule has 0 saturated carbocycles. The summed E-state index contributed by atoms with van der Waals surface area (Å²) >= 11 is 0. The first-order valence-corrected chi connectivity index (χ1v) is 13.7. The molecule has 2 aromatic carbocycles. The standard InChI is InChI=1S/C27H32F3N3O3S/c1-32(2)37(34,35)21-16-22(26(36-3)23(17-21)27(28,29)30)24-14-13-20(31-24)18-33-15-9-5-8-12-25(33)19-10-6-4-7-11-19/h4,6-7,10-11,13-14,16-17,25,31H,5,8-9,12,15,18H2,1-3H3/t25-/m1/s1. The molecule has 1 atom stereocenters. The summed E-state index contributed by atoms with van der Waals surface area (Å²) < 4.78 is 73.5. The van der Waals surface area contributed by atoms with Crippen LogP contribution in [0.25, 0.3) is 11.3 Å². The number of likely N-dealkylation sites (tertiary alicyclic amines) is 1. The number of rotatable bonds is 7. The molecule has 0 spiro atoms. The van der Waals surface area contributed by atoms with Gasteiger partial charge in [0.2, 0.25) is 10.0 Å². The van der Waals surface area contributed by atoms with Crippen LogP contribution in [-0.4, -0.2) is 50.4 Å². The summed E-state index contributed by atoms with van der Waals surface area (Å²) in [5, 5.41) is 0. The molecule has 0 unspecified atom stereocenters. The molecule has 4 rings (SSSR count). The van der Waals surface area contributed by atoms with E-state index in [1.54, 1.807) is 6.07 Å². The Labute approximate surface area is 216 Å². The van der Waals surface area contributed by atoms with Crippen LogP contribution in [0.15, 0.2) is 59.5 Å². The number of hydrogen-bond donors (Lipinski definition) is 1. The number of benzene rings is 2. The lowest BCUT2D eigenvalue weighted by molar-refractivity contribution is -0.138. The van der Waals surface area contributed by atoms with Gasteiger partial charge in [-0.1, -0.05) is 43.2 Å².